The fourth-order valence-electron chi connectivity index (χ4n) is 0.576. The number of rotatable bonds is 1. The molecule has 0 amide bonds. The van der Waals surface area contributed by atoms with E-state index in [9.17, 15) is 4.79 Å². The predicted octanol–water partition coefficient (Wildman–Crippen LogP) is -0.135. The van der Waals surface area contributed by atoms with E-state index in [1.807, 2.05) is 0 Å². The van der Waals surface area contributed by atoms with E-state index in [-0.39, 0.29) is 12.6 Å². The summed E-state index contributed by atoms with van der Waals surface area (Å²) in [7, 11) is 0. The number of ether oxygens (including phenoxy) is 1. The van der Waals surface area contributed by atoms with Gasteiger partial charge in [0, 0.05) is 0 Å². The molecule has 0 aliphatic carbocycles. The van der Waals surface area contributed by atoms with E-state index in [0.29, 0.717) is 0 Å². The Labute approximate surface area is 63.0 Å². The summed E-state index contributed by atoms with van der Waals surface area (Å²) in [5.41, 5.74) is 5.26. The first-order valence-corrected chi connectivity index (χ1v) is 3.08. The summed E-state index contributed by atoms with van der Waals surface area (Å²) >= 11 is 0. The van der Waals surface area contributed by atoms with Crippen molar-refractivity contribution in [2.24, 2.45) is 0 Å². The molecule has 0 saturated carbocycles. The van der Waals surface area contributed by atoms with Gasteiger partial charge in [-0.05, 0) is 6.92 Å². The maximum Gasteiger partial charge on any atom is 0.437 e. The predicted molar refractivity (Wildman–Crippen MR) is 36.9 cm³/mol. The van der Waals surface area contributed by atoms with E-state index in [4.69, 9.17) is 5.73 Å². The molecule has 1 rings (SSSR count). The first kappa shape index (κ1) is 7.52. The molecule has 1 aromatic heterocycles. The number of carbonyl (C=O) groups is 1. The Hall–Kier alpha value is -1.59. The molecule has 0 aliphatic rings. The molecule has 6 heteroatoms. The number of nitrogens with two attached hydrogens (primary N) is 1. The third-order valence-electron chi connectivity index (χ3n) is 1.01. The topological polar surface area (TPSA) is 83.0 Å². The minimum atomic E-state index is -0.609. The quantitative estimate of drug-likeness (QED) is 0.612. The maximum absolute atomic E-state index is 10.9. The smallest absolute Gasteiger partial charge is 0.437 e. The SMILES string of the molecule is CCOC(=O)n1ncnc1N. The van der Waals surface area contributed by atoms with Gasteiger partial charge in [-0.3, -0.25) is 0 Å². The number of anilines is 1. The molecular formula is C5H8N4O2. The zero-order valence-electron chi connectivity index (χ0n) is 6.02. The second-order valence-electron chi connectivity index (χ2n) is 1.73. The van der Waals surface area contributed by atoms with Gasteiger partial charge in [0.25, 0.3) is 0 Å². The molecule has 6 nitrogen and oxygen atoms in total. The first-order valence-electron chi connectivity index (χ1n) is 3.08. The van der Waals surface area contributed by atoms with Crippen LogP contribution in [0.25, 0.3) is 0 Å². The number of hydrogen-bond donors (Lipinski definition) is 1. The number of carbonyl (C=O) groups excluding carboxylic acids is 1. The molecule has 0 fully saturated rings. The lowest BCUT2D eigenvalue weighted by molar-refractivity contribution is 0.151. The van der Waals surface area contributed by atoms with Gasteiger partial charge in [0.2, 0.25) is 5.95 Å². The second-order valence-corrected chi connectivity index (χ2v) is 1.73. The Kier molecular flexibility index (Phi) is 2.05. The lowest BCUT2D eigenvalue weighted by Gasteiger charge is -1.99. The lowest BCUT2D eigenvalue weighted by atomic mass is 10.8. The van der Waals surface area contributed by atoms with Crippen LogP contribution >= 0.6 is 0 Å². The average Bonchev–Trinajstić information content (AvgIpc) is 2.36. The van der Waals surface area contributed by atoms with Crippen molar-refractivity contribution in [2.45, 2.75) is 6.92 Å². The minimum Gasteiger partial charge on any atom is -0.448 e. The highest BCUT2D eigenvalue weighted by Crippen LogP contribution is 1.94. The molecule has 0 spiro atoms. The molecule has 0 saturated heterocycles. The van der Waals surface area contributed by atoms with Crippen molar-refractivity contribution in [3.8, 4) is 0 Å². The van der Waals surface area contributed by atoms with E-state index >= 15 is 0 Å². The van der Waals surface area contributed by atoms with Crippen molar-refractivity contribution in [1.29, 1.82) is 0 Å². The number of nitrogen functional groups attached to an aromatic ring is 1. The third-order valence-corrected chi connectivity index (χ3v) is 1.01. The Morgan fingerprint density at radius 2 is 2.64 bits per heavy atom. The summed E-state index contributed by atoms with van der Waals surface area (Å²) < 4.78 is 5.50. The van der Waals surface area contributed by atoms with E-state index in [1.54, 1.807) is 6.92 Å². The first-order chi connectivity index (χ1) is 5.25. The van der Waals surface area contributed by atoms with Crippen LogP contribution in [0.5, 0.6) is 0 Å². The molecule has 0 unspecified atom stereocenters. The van der Waals surface area contributed by atoms with Crippen LogP contribution in [-0.4, -0.2) is 27.5 Å². The summed E-state index contributed by atoms with van der Waals surface area (Å²) in [6, 6.07) is 0. The van der Waals surface area contributed by atoms with Gasteiger partial charge >= 0.3 is 6.09 Å². The molecule has 0 aliphatic heterocycles. The summed E-state index contributed by atoms with van der Waals surface area (Å²) in [5, 5.41) is 3.54. The van der Waals surface area contributed by atoms with E-state index in [2.05, 4.69) is 14.8 Å². The fourth-order valence-corrected chi connectivity index (χ4v) is 0.576. The van der Waals surface area contributed by atoms with Gasteiger partial charge < -0.3 is 10.5 Å². The summed E-state index contributed by atoms with van der Waals surface area (Å²) in [5.74, 6) is 0.0310. The maximum atomic E-state index is 10.9. The largest absolute Gasteiger partial charge is 0.448 e. The van der Waals surface area contributed by atoms with Crippen molar-refractivity contribution < 1.29 is 9.53 Å². The lowest BCUT2D eigenvalue weighted by Crippen LogP contribution is -2.17. The van der Waals surface area contributed by atoms with Crippen LogP contribution in [0, 0.1) is 0 Å². The van der Waals surface area contributed by atoms with Gasteiger partial charge in [-0.15, -0.1) is 9.78 Å². The van der Waals surface area contributed by atoms with Gasteiger partial charge in [0.15, 0.2) is 0 Å². The summed E-state index contributed by atoms with van der Waals surface area (Å²) in [6.45, 7) is 1.99. The molecular weight excluding hydrogens is 148 g/mol. The number of nitrogens with zero attached hydrogens (tertiary/aromatic N) is 3. The van der Waals surface area contributed by atoms with Gasteiger partial charge in [0.1, 0.15) is 6.33 Å². The fraction of sp³-hybridized carbons (Fsp3) is 0.400. The minimum absolute atomic E-state index is 0.0310. The summed E-state index contributed by atoms with van der Waals surface area (Å²) in [4.78, 5) is 14.4. The Morgan fingerprint density at radius 1 is 1.91 bits per heavy atom. The zero-order chi connectivity index (χ0) is 8.27. The molecule has 60 valence electrons. The Morgan fingerprint density at radius 3 is 3.09 bits per heavy atom. The summed E-state index contributed by atoms with van der Waals surface area (Å²) in [6.07, 6.45) is 0.578. The normalized spacial score (nSPS) is 9.55. The highest BCUT2D eigenvalue weighted by Gasteiger charge is 2.08. The van der Waals surface area contributed by atoms with Crippen molar-refractivity contribution in [2.75, 3.05) is 12.3 Å². The molecule has 0 radical (unpaired) electrons. The molecule has 1 aromatic rings. The van der Waals surface area contributed by atoms with Gasteiger partial charge in [-0.1, -0.05) is 0 Å². The standard InChI is InChI=1S/C5H8N4O2/c1-2-11-5(10)9-4(6)7-3-8-9/h3H,2H2,1H3,(H2,6,7,8). The molecule has 2 N–H and O–H groups in total. The molecule has 11 heavy (non-hydrogen) atoms. The van der Waals surface area contributed by atoms with Crippen molar-refractivity contribution in [3.05, 3.63) is 6.33 Å². The third kappa shape index (κ3) is 1.46. The monoisotopic (exact) mass is 156 g/mol. The number of aromatic nitrogens is 3. The van der Waals surface area contributed by atoms with Crippen LogP contribution in [0.4, 0.5) is 10.7 Å². The van der Waals surface area contributed by atoms with Crippen molar-refractivity contribution in [3.63, 3.8) is 0 Å². The Balaban J connectivity index is 2.76. The van der Waals surface area contributed by atoms with Crippen molar-refractivity contribution in [1.82, 2.24) is 14.8 Å². The van der Waals surface area contributed by atoms with Gasteiger partial charge in [0.05, 0.1) is 6.61 Å². The highest BCUT2D eigenvalue weighted by atomic mass is 16.6. The van der Waals surface area contributed by atoms with Crippen LogP contribution in [0.3, 0.4) is 0 Å². The van der Waals surface area contributed by atoms with Crippen LogP contribution in [-0.2, 0) is 4.74 Å². The molecule has 0 bridgehead atoms. The molecule has 1 heterocycles. The van der Waals surface area contributed by atoms with Crippen LogP contribution < -0.4 is 5.73 Å². The Bertz CT molecular complexity index is 257. The van der Waals surface area contributed by atoms with Gasteiger partial charge in [-0.25, -0.2) is 4.79 Å². The average molecular weight is 156 g/mol. The van der Waals surface area contributed by atoms with E-state index in [0.717, 1.165) is 4.68 Å². The van der Waals surface area contributed by atoms with Crippen LogP contribution in [0.2, 0.25) is 0 Å². The van der Waals surface area contributed by atoms with Crippen molar-refractivity contribution >= 4 is 12.0 Å². The highest BCUT2D eigenvalue weighted by molar-refractivity contribution is 5.71. The van der Waals surface area contributed by atoms with Crippen LogP contribution in [0.1, 0.15) is 6.92 Å². The van der Waals surface area contributed by atoms with Gasteiger partial charge in [-0.2, -0.15) is 4.98 Å². The van der Waals surface area contributed by atoms with E-state index in [1.165, 1.54) is 6.33 Å². The molecule has 0 atom stereocenters. The van der Waals surface area contributed by atoms with Crippen LogP contribution in [0.15, 0.2) is 6.33 Å². The second kappa shape index (κ2) is 3.00. The zero-order valence-corrected chi connectivity index (χ0v) is 6.02. The number of hydrogen-bond acceptors (Lipinski definition) is 5. The van der Waals surface area contributed by atoms with E-state index < -0.39 is 6.09 Å². The molecule has 0 aromatic carbocycles.